The largest absolute Gasteiger partial charge is 0.480 e. The lowest BCUT2D eigenvalue weighted by Crippen LogP contribution is -2.56. The molecule has 0 bridgehead atoms. The highest BCUT2D eigenvalue weighted by atomic mass is 32.1. The third kappa shape index (κ3) is 14.2. The first-order valence-corrected chi connectivity index (χ1v) is 12.2. The smallest absolute Gasteiger partial charge is 0.326 e. The lowest BCUT2D eigenvalue weighted by molar-refractivity contribution is -0.142. The van der Waals surface area contributed by atoms with E-state index in [1.807, 2.05) is 0 Å². The third-order valence-corrected chi connectivity index (χ3v) is 5.33. The molecule has 0 aromatic rings. The average Bonchev–Trinajstić information content (AvgIpc) is 2.83. The summed E-state index contributed by atoms with van der Waals surface area (Å²) in [6.45, 7) is 1.19. The molecule has 16 nitrogen and oxygen atoms in total. The Morgan fingerprint density at radius 1 is 0.919 bits per heavy atom. The van der Waals surface area contributed by atoms with Crippen molar-refractivity contribution in [1.82, 2.24) is 21.3 Å². The number of guanidine groups is 1. The predicted molar refractivity (Wildman–Crippen MR) is 138 cm³/mol. The minimum Gasteiger partial charge on any atom is -0.480 e. The maximum Gasteiger partial charge on any atom is 0.326 e. The molecule has 0 aromatic carbocycles. The zero-order valence-electron chi connectivity index (χ0n) is 20.7. The highest BCUT2D eigenvalue weighted by molar-refractivity contribution is 7.80. The Kier molecular flexibility index (Phi) is 16.6. The highest BCUT2D eigenvalue weighted by Crippen LogP contribution is 2.01. The van der Waals surface area contributed by atoms with Crippen LogP contribution in [-0.4, -0.2) is 101 Å². The van der Waals surface area contributed by atoms with Crippen molar-refractivity contribution >= 4 is 48.2 Å². The number of nitrogens with two attached hydrogens (primary N) is 4. The first kappa shape index (κ1) is 33.8. The molecule has 17 heteroatoms. The first-order chi connectivity index (χ1) is 17.3. The Hall–Kier alpha value is -3.15. The van der Waals surface area contributed by atoms with E-state index in [0.717, 1.165) is 0 Å². The molecule has 5 atom stereocenters. The van der Waals surface area contributed by atoms with Crippen LogP contribution in [0, 0.1) is 0 Å². The van der Waals surface area contributed by atoms with Crippen molar-refractivity contribution in [2.45, 2.75) is 62.9 Å². The van der Waals surface area contributed by atoms with E-state index in [0.29, 0.717) is 6.42 Å². The van der Waals surface area contributed by atoms with Crippen LogP contribution in [0.1, 0.15) is 32.6 Å². The van der Waals surface area contributed by atoms with E-state index in [4.69, 9.17) is 22.9 Å². The molecule has 0 fully saturated rings. The number of amides is 4. The average molecular weight is 550 g/mol. The van der Waals surface area contributed by atoms with Gasteiger partial charge in [0.2, 0.25) is 23.6 Å². The number of nitrogens with zero attached hydrogens (tertiary/aromatic N) is 1. The number of aliphatic hydroxyl groups excluding tert-OH is 1. The Morgan fingerprint density at radius 2 is 1.51 bits per heavy atom. The van der Waals surface area contributed by atoms with Gasteiger partial charge < -0.3 is 54.4 Å². The van der Waals surface area contributed by atoms with Gasteiger partial charge in [0.25, 0.3) is 0 Å². The number of hydrogen-bond donors (Lipinski definition) is 11. The molecule has 0 aromatic heterocycles. The molecule has 0 unspecified atom stereocenters. The molecule has 0 rings (SSSR count). The van der Waals surface area contributed by atoms with Crippen LogP contribution in [-0.2, 0) is 24.0 Å². The van der Waals surface area contributed by atoms with Gasteiger partial charge in [-0.2, -0.15) is 12.6 Å². The summed E-state index contributed by atoms with van der Waals surface area (Å²) in [6.07, 6.45) is -0.289. The number of carboxylic acid groups (broad SMARTS) is 1. The standard InChI is InChI=1S/C20H39N9O7S/c1-10(30)15(22)18(34)28-11(4-2-6-21)16(32)26-8-14(31)27-13(9-37)17(33)29-12(19(35)36)5-3-7-25-20(23)24/h10-13,15,30,37H,2-9,21-22H2,1H3,(H,26,32)(H,27,31)(H,28,34)(H,29,33)(H,35,36)(H4,23,24,25)/t10-,11-,12+,13-,15+/m1/s1. The van der Waals surface area contributed by atoms with Gasteiger partial charge in [0.1, 0.15) is 24.2 Å². The van der Waals surface area contributed by atoms with Gasteiger partial charge in [0.05, 0.1) is 12.6 Å². The van der Waals surface area contributed by atoms with Crippen molar-refractivity contribution in [3.05, 3.63) is 0 Å². The molecule has 4 amide bonds. The zero-order valence-corrected chi connectivity index (χ0v) is 21.6. The molecule has 37 heavy (non-hydrogen) atoms. The minimum absolute atomic E-state index is 0.0375. The summed E-state index contributed by atoms with van der Waals surface area (Å²) < 4.78 is 0. The van der Waals surface area contributed by atoms with Gasteiger partial charge in [0.15, 0.2) is 5.96 Å². The summed E-state index contributed by atoms with van der Waals surface area (Å²) in [5.41, 5.74) is 21.5. The van der Waals surface area contributed by atoms with Crippen LogP contribution in [0.5, 0.6) is 0 Å². The number of carbonyl (C=O) groups excluding carboxylic acids is 4. The summed E-state index contributed by atoms with van der Waals surface area (Å²) in [4.78, 5) is 64.6. The molecule has 0 spiro atoms. The van der Waals surface area contributed by atoms with Crippen molar-refractivity contribution in [1.29, 1.82) is 0 Å². The normalized spacial score (nSPS) is 14.7. The third-order valence-electron chi connectivity index (χ3n) is 4.97. The second-order valence-electron chi connectivity index (χ2n) is 8.13. The molecule has 0 aliphatic carbocycles. The number of nitrogens with one attached hydrogen (secondary N) is 4. The Labute approximate surface area is 220 Å². The van der Waals surface area contributed by atoms with Crippen LogP contribution >= 0.6 is 12.6 Å². The van der Waals surface area contributed by atoms with E-state index in [1.165, 1.54) is 6.92 Å². The fourth-order valence-electron chi connectivity index (χ4n) is 2.84. The number of rotatable bonds is 18. The quantitative estimate of drug-likeness (QED) is 0.0333. The van der Waals surface area contributed by atoms with Crippen molar-refractivity contribution in [3.63, 3.8) is 0 Å². The molecule has 0 aliphatic heterocycles. The number of hydrogen-bond acceptors (Lipinski definition) is 10. The van der Waals surface area contributed by atoms with Gasteiger partial charge in [-0.25, -0.2) is 4.79 Å². The monoisotopic (exact) mass is 549 g/mol. The fourth-order valence-corrected chi connectivity index (χ4v) is 3.10. The summed E-state index contributed by atoms with van der Waals surface area (Å²) in [5, 5.41) is 28.2. The van der Waals surface area contributed by atoms with E-state index < -0.39 is 66.4 Å². The number of aliphatic imine (C=N–C) groups is 1. The van der Waals surface area contributed by atoms with Gasteiger partial charge in [-0.05, 0) is 39.2 Å². The van der Waals surface area contributed by atoms with E-state index in [9.17, 15) is 34.2 Å². The maximum absolute atomic E-state index is 12.5. The Morgan fingerprint density at radius 3 is 2.03 bits per heavy atom. The lowest BCUT2D eigenvalue weighted by Gasteiger charge is -2.22. The van der Waals surface area contributed by atoms with Crippen molar-refractivity contribution in [2.75, 3.05) is 25.4 Å². The summed E-state index contributed by atoms with van der Waals surface area (Å²) >= 11 is 4.02. The summed E-state index contributed by atoms with van der Waals surface area (Å²) in [7, 11) is 0. The minimum atomic E-state index is -1.28. The first-order valence-electron chi connectivity index (χ1n) is 11.5. The van der Waals surface area contributed by atoms with E-state index >= 15 is 0 Å². The SMILES string of the molecule is C[C@@H](O)[C@H](N)C(=O)N[C@H](CCCN)C(=O)NCC(=O)N[C@H](CS)C(=O)N[C@@H](CCCN=C(N)N)C(=O)O. The molecular formula is C20H39N9O7S. The van der Waals surface area contributed by atoms with E-state index in [2.05, 4.69) is 38.9 Å². The number of thiol groups is 1. The second kappa shape index (κ2) is 18.1. The van der Waals surface area contributed by atoms with Crippen LogP contribution in [0.25, 0.3) is 0 Å². The van der Waals surface area contributed by atoms with Crippen LogP contribution in [0.4, 0.5) is 0 Å². The molecule has 212 valence electrons. The number of carboxylic acids is 1. The van der Waals surface area contributed by atoms with Crippen LogP contribution in [0.2, 0.25) is 0 Å². The maximum atomic E-state index is 12.5. The lowest BCUT2D eigenvalue weighted by atomic mass is 10.1. The molecule has 14 N–H and O–H groups in total. The van der Waals surface area contributed by atoms with E-state index in [1.54, 1.807) is 0 Å². The molecule has 0 saturated carbocycles. The molecular weight excluding hydrogens is 510 g/mol. The van der Waals surface area contributed by atoms with Gasteiger partial charge >= 0.3 is 5.97 Å². The van der Waals surface area contributed by atoms with Gasteiger partial charge in [-0.1, -0.05) is 0 Å². The Bertz CT molecular complexity index is 809. The van der Waals surface area contributed by atoms with Gasteiger partial charge in [-0.15, -0.1) is 0 Å². The highest BCUT2D eigenvalue weighted by Gasteiger charge is 2.28. The van der Waals surface area contributed by atoms with Crippen LogP contribution < -0.4 is 44.2 Å². The van der Waals surface area contributed by atoms with Crippen molar-refractivity contribution in [3.8, 4) is 0 Å². The van der Waals surface area contributed by atoms with Crippen LogP contribution in [0.15, 0.2) is 4.99 Å². The van der Waals surface area contributed by atoms with E-state index in [-0.39, 0.29) is 44.1 Å². The van der Waals surface area contributed by atoms with Crippen molar-refractivity contribution in [2.24, 2.45) is 27.9 Å². The molecule has 0 radical (unpaired) electrons. The Balaban J connectivity index is 4.94. The summed E-state index contributed by atoms with van der Waals surface area (Å²) in [6, 6.07) is -4.76. The topological polar surface area (TPSA) is 290 Å². The van der Waals surface area contributed by atoms with Gasteiger partial charge in [0, 0.05) is 12.3 Å². The molecule has 0 saturated heterocycles. The zero-order chi connectivity index (χ0) is 28.5. The number of aliphatic hydroxyl groups is 1. The predicted octanol–water partition coefficient (Wildman–Crippen LogP) is -4.93. The van der Waals surface area contributed by atoms with Crippen molar-refractivity contribution < 1.29 is 34.2 Å². The fraction of sp³-hybridized carbons (Fsp3) is 0.700. The number of aliphatic carboxylic acids is 1. The second-order valence-corrected chi connectivity index (χ2v) is 8.49. The van der Waals surface area contributed by atoms with Crippen LogP contribution in [0.3, 0.4) is 0 Å². The summed E-state index contributed by atoms with van der Waals surface area (Å²) in [5.74, 6) is -4.58. The molecule has 0 heterocycles. The van der Waals surface area contributed by atoms with Gasteiger partial charge in [-0.3, -0.25) is 24.2 Å². The molecule has 0 aliphatic rings. The number of carbonyl (C=O) groups is 5.